The molecule has 0 aromatic carbocycles. The Balaban J connectivity index is 1.59. The van der Waals surface area contributed by atoms with E-state index in [4.69, 9.17) is 14.2 Å². The molecule has 3 saturated carbocycles. The van der Waals surface area contributed by atoms with Gasteiger partial charge in [-0.2, -0.15) is 0 Å². The van der Waals surface area contributed by atoms with E-state index >= 15 is 0 Å². The standard InChI is InChI=1S/C21H34O4/c1-19-12-24-18(22)11-14(19)5-6-15-16(19)7-9-20(2)17(15)8-10-21(20,3)25-13-23-4/h14-17H,5-13H2,1-4H3/t14-,15+,16-,17-,19-,20-,21-/m0/s1. The molecule has 4 aliphatic rings. The van der Waals surface area contributed by atoms with Crippen LogP contribution in [-0.4, -0.2) is 32.1 Å². The third kappa shape index (κ3) is 2.43. The third-order valence-electron chi connectivity index (χ3n) is 9.05. The molecule has 0 N–H and O–H groups in total. The molecule has 0 unspecified atom stereocenters. The summed E-state index contributed by atoms with van der Waals surface area (Å²) in [5.74, 6) is 2.72. The monoisotopic (exact) mass is 350 g/mol. The molecule has 1 aliphatic heterocycles. The van der Waals surface area contributed by atoms with Crippen LogP contribution in [0, 0.1) is 34.5 Å². The van der Waals surface area contributed by atoms with Crippen molar-refractivity contribution in [3.63, 3.8) is 0 Å². The number of rotatable bonds is 3. The van der Waals surface area contributed by atoms with Gasteiger partial charge in [-0.15, -0.1) is 0 Å². The fraction of sp³-hybridized carbons (Fsp3) is 0.952. The number of carbonyl (C=O) groups is 1. The summed E-state index contributed by atoms with van der Waals surface area (Å²) in [6.45, 7) is 8.20. The summed E-state index contributed by atoms with van der Waals surface area (Å²) in [6, 6.07) is 0. The van der Waals surface area contributed by atoms with Gasteiger partial charge < -0.3 is 14.2 Å². The predicted molar refractivity (Wildman–Crippen MR) is 94.8 cm³/mol. The number of hydrogen-bond donors (Lipinski definition) is 0. The largest absolute Gasteiger partial charge is 0.465 e. The van der Waals surface area contributed by atoms with Crippen molar-refractivity contribution in [3.8, 4) is 0 Å². The molecule has 142 valence electrons. The smallest absolute Gasteiger partial charge is 0.306 e. The van der Waals surface area contributed by atoms with Crippen molar-refractivity contribution >= 4 is 5.97 Å². The molecule has 4 rings (SSSR count). The molecule has 1 heterocycles. The Morgan fingerprint density at radius 2 is 1.84 bits per heavy atom. The minimum Gasteiger partial charge on any atom is -0.465 e. The minimum atomic E-state index is -0.0740. The number of carbonyl (C=O) groups excluding carboxylic acids is 1. The lowest BCUT2D eigenvalue weighted by atomic mass is 9.46. The minimum absolute atomic E-state index is 0.0166. The molecule has 1 saturated heterocycles. The van der Waals surface area contributed by atoms with E-state index in [9.17, 15) is 4.79 Å². The molecule has 0 radical (unpaired) electrons. The van der Waals surface area contributed by atoms with Crippen LogP contribution in [0.2, 0.25) is 0 Å². The van der Waals surface area contributed by atoms with Crippen LogP contribution < -0.4 is 0 Å². The molecule has 4 fully saturated rings. The molecule has 0 spiro atoms. The third-order valence-corrected chi connectivity index (χ3v) is 9.05. The molecule has 4 heteroatoms. The molecule has 0 aromatic rings. The highest BCUT2D eigenvalue weighted by Crippen LogP contribution is 2.67. The Hall–Kier alpha value is -0.610. The fourth-order valence-corrected chi connectivity index (χ4v) is 7.24. The van der Waals surface area contributed by atoms with Crippen LogP contribution in [0.4, 0.5) is 0 Å². The average Bonchev–Trinajstić information content (AvgIpc) is 2.85. The highest BCUT2D eigenvalue weighted by atomic mass is 16.7. The van der Waals surface area contributed by atoms with Gasteiger partial charge in [0.05, 0.1) is 12.2 Å². The summed E-state index contributed by atoms with van der Waals surface area (Å²) in [5, 5.41) is 0. The van der Waals surface area contributed by atoms with Crippen LogP contribution in [0.1, 0.15) is 65.7 Å². The molecule has 7 atom stereocenters. The first-order chi connectivity index (χ1) is 11.8. The zero-order valence-corrected chi connectivity index (χ0v) is 16.3. The topological polar surface area (TPSA) is 44.8 Å². The summed E-state index contributed by atoms with van der Waals surface area (Å²) in [4.78, 5) is 11.8. The first kappa shape index (κ1) is 17.8. The van der Waals surface area contributed by atoms with Gasteiger partial charge in [0.1, 0.15) is 6.79 Å². The van der Waals surface area contributed by atoms with Crippen LogP contribution in [0.3, 0.4) is 0 Å². The van der Waals surface area contributed by atoms with Gasteiger partial charge in [-0.1, -0.05) is 13.8 Å². The van der Waals surface area contributed by atoms with Crippen LogP contribution in [0.15, 0.2) is 0 Å². The van der Waals surface area contributed by atoms with E-state index in [0.717, 1.165) is 18.3 Å². The average molecular weight is 350 g/mol. The normalized spacial score (nSPS) is 52.1. The number of esters is 1. The second-order valence-corrected chi connectivity index (χ2v) is 9.80. The van der Waals surface area contributed by atoms with Crippen molar-refractivity contribution < 1.29 is 19.0 Å². The van der Waals surface area contributed by atoms with Gasteiger partial charge >= 0.3 is 5.97 Å². The van der Waals surface area contributed by atoms with Gasteiger partial charge in [0.15, 0.2) is 0 Å². The highest BCUT2D eigenvalue weighted by molar-refractivity contribution is 5.70. The SMILES string of the molecule is COCO[C@@]1(C)CC[C@H]2[C@@H]3CC[C@H]4CC(=O)OC[C@]4(C)[C@H]3CC[C@@]21C. The second-order valence-electron chi connectivity index (χ2n) is 9.80. The molecule has 25 heavy (non-hydrogen) atoms. The van der Waals surface area contributed by atoms with Gasteiger partial charge in [-0.05, 0) is 74.5 Å². The fourth-order valence-electron chi connectivity index (χ4n) is 7.24. The van der Waals surface area contributed by atoms with Crippen LogP contribution >= 0.6 is 0 Å². The predicted octanol–water partition coefficient (Wildman–Crippen LogP) is 4.17. The van der Waals surface area contributed by atoms with Crippen LogP contribution in [-0.2, 0) is 19.0 Å². The summed E-state index contributed by atoms with van der Waals surface area (Å²) < 4.78 is 17.0. The molecular formula is C21H34O4. The maximum atomic E-state index is 11.8. The number of hydrogen-bond acceptors (Lipinski definition) is 4. The van der Waals surface area contributed by atoms with Gasteiger partial charge in [0, 0.05) is 18.9 Å². The number of methoxy groups -OCH3 is 1. The van der Waals surface area contributed by atoms with Crippen molar-refractivity contribution in [3.05, 3.63) is 0 Å². The molecule has 0 aromatic heterocycles. The van der Waals surface area contributed by atoms with E-state index in [1.54, 1.807) is 7.11 Å². The first-order valence-electron chi connectivity index (χ1n) is 10.1. The van der Waals surface area contributed by atoms with E-state index in [2.05, 4.69) is 20.8 Å². The Bertz CT molecular complexity index is 548. The summed E-state index contributed by atoms with van der Waals surface area (Å²) >= 11 is 0. The van der Waals surface area contributed by atoms with Crippen molar-refractivity contribution in [2.75, 3.05) is 20.5 Å². The van der Waals surface area contributed by atoms with E-state index in [1.807, 2.05) is 0 Å². The zero-order chi connectivity index (χ0) is 17.9. The van der Waals surface area contributed by atoms with Crippen molar-refractivity contribution in [2.45, 2.75) is 71.3 Å². The summed E-state index contributed by atoms with van der Waals surface area (Å²) in [7, 11) is 1.71. The van der Waals surface area contributed by atoms with E-state index in [-0.39, 0.29) is 22.4 Å². The Labute approximate surface area is 152 Å². The zero-order valence-electron chi connectivity index (χ0n) is 16.3. The summed E-state index contributed by atoms with van der Waals surface area (Å²) in [6.07, 6.45) is 7.96. The lowest BCUT2D eigenvalue weighted by Crippen LogP contribution is -2.58. The van der Waals surface area contributed by atoms with Crippen LogP contribution in [0.5, 0.6) is 0 Å². The van der Waals surface area contributed by atoms with Gasteiger partial charge in [0.25, 0.3) is 0 Å². The van der Waals surface area contributed by atoms with E-state index < -0.39 is 0 Å². The van der Waals surface area contributed by atoms with E-state index in [1.165, 1.54) is 32.1 Å². The van der Waals surface area contributed by atoms with Gasteiger partial charge in [-0.3, -0.25) is 4.79 Å². The summed E-state index contributed by atoms with van der Waals surface area (Å²) in [5.41, 5.74) is 0.348. The number of cyclic esters (lactones) is 1. The van der Waals surface area contributed by atoms with Crippen molar-refractivity contribution in [1.29, 1.82) is 0 Å². The number of fused-ring (bicyclic) bond motifs is 5. The maximum Gasteiger partial charge on any atom is 0.306 e. The number of ether oxygens (including phenoxy) is 3. The Kier molecular flexibility index (Phi) is 4.23. The lowest BCUT2D eigenvalue weighted by molar-refractivity contribution is -0.206. The Morgan fingerprint density at radius 3 is 2.60 bits per heavy atom. The van der Waals surface area contributed by atoms with Crippen molar-refractivity contribution in [1.82, 2.24) is 0 Å². The lowest BCUT2D eigenvalue weighted by Gasteiger charge is -2.60. The van der Waals surface area contributed by atoms with Crippen molar-refractivity contribution in [2.24, 2.45) is 34.5 Å². The van der Waals surface area contributed by atoms with Crippen LogP contribution in [0.25, 0.3) is 0 Å². The quantitative estimate of drug-likeness (QED) is 0.566. The van der Waals surface area contributed by atoms with Gasteiger partial charge in [0.2, 0.25) is 0 Å². The molecule has 0 amide bonds. The highest BCUT2D eigenvalue weighted by Gasteiger charge is 2.64. The first-order valence-corrected chi connectivity index (χ1v) is 10.1. The molecule has 3 aliphatic carbocycles. The molecule has 4 nitrogen and oxygen atoms in total. The molecular weight excluding hydrogens is 316 g/mol. The second kappa shape index (κ2) is 5.95. The molecule has 0 bridgehead atoms. The van der Waals surface area contributed by atoms with E-state index in [0.29, 0.717) is 31.7 Å². The van der Waals surface area contributed by atoms with Gasteiger partial charge in [-0.25, -0.2) is 0 Å². The Morgan fingerprint density at radius 1 is 1.08 bits per heavy atom. The maximum absolute atomic E-state index is 11.8.